The van der Waals surface area contributed by atoms with Crippen LogP contribution in [0.25, 0.3) is 0 Å². The Morgan fingerprint density at radius 1 is 1.22 bits per heavy atom. The second-order valence-corrected chi connectivity index (χ2v) is 6.79. The van der Waals surface area contributed by atoms with Gasteiger partial charge in [-0.2, -0.15) is 0 Å². The van der Waals surface area contributed by atoms with Crippen molar-refractivity contribution in [3.8, 4) is 5.75 Å². The zero-order valence-electron chi connectivity index (χ0n) is 14.6. The fourth-order valence-corrected chi connectivity index (χ4v) is 2.18. The number of carboxylic acids is 1. The van der Waals surface area contributed by atoms with Gasteiger partial charge < -0.3 is 14.7 Å². The second-order valence-electron chi connectivity index (χ2n) is 6.79. The van der Waals surface area contributed by atoms with Crippen LogP contribution in [0.15, 0.2) is 24.3 Å². The fraction of sp³-hybridized carbons (Fsp3) is 0.556. The summed E-state index contributed by atoms with van der Waals surface area (Å²) in [5.74, 6) is -0.359. The Kier molecular flexibility index (Phi) is 6.61. The lowest BCUT2D eigenvalue weighted by atomic mass is 9.87. The number of benzene rings is 1. The van der Waals surface area contributed by atoms with Gasteiger partial charge in [0.15, 0.2) is 6.10 Å². The molecule has 0 bridgehead atoms. The highest BCUT2D eigenvalue weighted by molar-refractivity contribution is 5.80. The molecule has 1 aromatic carbocycles. The van der Waals surface area contributed by atoms with E-state index in [2.05, 4.69) is 20.8 Å². The smallest absolute Gasteiger partial charge is 0.303 e. The molecule has 5 heteroatoms. The number of hydrogen-bond donors (Lipinski definition) is 1. The average molecular weight is 321 g/mol. The van der Waals surface area contributed by atoms with E-state index in [-0.39, 0.29) is 17.7 Å². The standard InChI is InChI=1S/C18H27NO4/c1-13(17(22)19(5)12-6-7-16(20)21)23-15-10-8-14(9-11-15)18(2,3)4/h8-11,13H,6-7,12H2,1-5H3,(H,20,21). The van der Waals surface area contributed by atoms with Crippen molar-refractivity contribution in [2.24, 2.45) is 0 Å². The Morgan fingerprint density at radius 2 is 1.78 bits per heavy atom. The molecule has 5 nitrogen and oxygen atoms in total. The molecule has 1 rings (SSSR count). The lowest BCUT2D eigenvalue weighted by Gasteiger charge is -2.23. The number of likely N-dealkylation sites (N-methyl/N-ethyl adjacent to an activating group) is 1. The first-order valence-corrected chi connectivity index (χ1v) is 7.85. The summed E-state index contributed by atoms with van der Waals surface area (Å²) < 4.78 is 5.68. The van der Waals surface area contributed by atoms with Gasteiger partial charge in [-0.15, -0.1) is 0 Å². The third-order valence-corrected chi connectivity index (χ3v) is 3.64. The molecular formula is C18H27NO4. The van der Waals surface area contributed by atoms with Gasteiger partial charge in [-0.3, -0.25) is 9.59 Å². The summed E-state index contributed by atoms with van der Waals surface area (Å²) in [5, 5.41) is 8.62. The van der Waals surface area contributed by atoms with E-state index in [9.17, 15) is 9.59 Å². The first-order chi connectivity index (χ1) is 10.6. The van der Waals surface area contributed by atoms with Crippen LogP contribution in [0.3, 0.4) is 0 Å². The van der Waals surface area contributed by atoms with Crippen molar-refractivity contribution in [1.29, 1.82) is 0 Å². The van der Waals surface area contributed by atoms with Crippen molar-refractivity contribution < 1.29 is 19.4 Å². The molecular weight excluding hydrogens is 294 g/mol. The molecule has 0 saturated carbocycles. The molecule has 1 unspecified atom stereocenters. The van der Waals surface area contributed by atoms with E-state index in [0.29, 0.717) is 18.7 Å². The monoisotopic (exact) mass is 321 g/mol. The second kappa shape index (κ2) is 7.99. The number of carbonyl (C=O) groups excluding carboxylic acids is 1. The molecule has 0 aromatic heterocycles. The van der Waals surface area contributed by atoms with E-state index in [1.165, 1.54) is 10.5 Å². The van der Waals surface area contributed by atoms with Crippen molar-refractivity contribution in [2.45, 2.75) is 52.1 Å². The molecule has 128 valence electrons. The third-order valence-electron chi connectivity index (χ3n) is 3.64. The van der Waals surface area contributed by atoms with Crippen LogP contribution < -0.4 is 4.74 Å². The molecule has 0 aliphatic heterocycles. The quantitative estimate of drug-likeness (QED) is 0.838. The molecule has 0 aliphatic carbocycles. The van der Waals surface area contributed by atoms with Crippen LogP contribution in [0.1, 0.15) is 46.1 Å². The number of hydrogen-bond acceptors (Lipinski definition) is 3. The maximum Gasteiger partial charge on any atom is 0.303 e. The molecule has 1 amide bonds. The van der Waals surface area contributed by atoms with Crippen molar-refractivity contribution in [1.82, 2.24) is 4.90 Å². The molecule has 0 spiro atoms. The van der Waals surface area contributed by atoms with Gasteiger partial charge in [-0.1, -0.05) is 32.9 Å². The third kappa shape index (κ3) is 6.30. The molecule has 1 aromatic rings. The Balaban J connectivity index is 2.56. The van der Waals surface area contributed by atoms with Crippen LogP contribution in [0.4, 0.5) is 0 Å². The number of nitrogens with zero attached hydrogens (tertiary/aromatic N) is 1. The van der Waals surface area contributed by atoms with Crippen molar-refractivity contribution in [3.05, 3.63) is 29.8 Å². The van der Waals surface area contributed by atoms with Gasteiger partial charge in [0.05, 0.1) is 0 Å². The zero-order chi connectivity index (χ0) is 17.6. The van der Waals surface area contributed by atoms with E-state index >= 15 is 0 Å². The van der Waals surface area contributed by atoms with Gasteiger partial charge in [0.1, 0.15) is 5.75 Å². The van der Waals surface area contributed by atoms with Gasteiger partial charge in [-0.25, -0.2) is 0 Å². The van der Waals surface area contributed by atoms with Crippen LogP contribution >= 0.6 is 0 Å². The molecule has 1 atom stereocenters. The largest absolute Gasteiger partial charge is 0.481 e. The minimum atomic E-state index is -0.853. The normalized spacial score (nSPS) is 12.6. The number of carbonyl (C=O) groups is 2. The molecule has 0 saturated heterocycles. The number of amides is 1. The Morgan fingerprint density at radius 3 is 2.26 bits per heavy atom. The SMILES string of the molecule is CC(Oc1ccc(C(C)(C)C)cc1)C(=O)N(C)CCCC(=O)O. The predicted molar refractivity (Wildman–Crippen MR) is 89.7 cm³/mol. The van der Waals surface area contributed by atoms with Crippen molar-refractivity contribution in [2.75, 3.05) is 13.6 Å². The first kappa shape index (κ1) is 19.0. The summed E-state index contributed by atoms with van der Waals surface area (Å²) in [6.45, 7) is 8.53. The lowest BCUT2D eigenvalue weighted by molar-refractivity contribution is -0.139. The van der Waals surface area contributed by atoms with E-state index in [1.807, 2.05) is 24.3 Å². The summed E-state index contributed by atoms with van der Waals surface area (Å²) in [7, 11) is 1.66. The minimum absolute atomic E-state index is 0.0567. The molecule has 0 radical (unpaired) electrons. The van der Waals surface area contributed by atoms with Gasteiger partial charge >= 0.3 is 5.97 Å². The van der Waals surface area contributed by atoms with E-state index in [0.717, 1.165) is 0 Å². The number of aliphatic carboxylic acids is 1. The zero-order valence-corrected chi connectivity index (χ0v) is 14.6. The summed E-state index contributed by atoms with van der Waals surface area (Å²) >= 11 is 0. The Hall–Kier alpha value is -2.04. The summed E-state index contributed by atoms with van der Waals surface area (Å²) in [4.78, 5) is 24.2. The van der Waals surface area contributed by atoms with Crippen LogP contribution in [0.2, 0.25) is 0 Å². The van der Waals surface area contributed by atoms with Crippen LogP contribution in [-0.4, -0.2) is 41.6 Å². The first-order valence-electron chi connectivity index (χ1n) is 7.85. The predicted octanol–water partition coefficient (Wildman–Crippen LogP) is 3.07. The summed E-state index contributed by atoms with van der Waals surface area (Å²) in [6, 6.07) is 7.75. The van der Waals surface area contributed by atoms with E-state index < -0.39 is 12.1 Å². The number of carboxylic acid groups (broad SMARTS) is 1. The molecule has 0 fully saturated rings. The average Bonchev–Trinajstić information content (AvgIpc) is 2.45. The molecule has 0 aliphatic rings. The fourth-order valence-electron chi connectivity index (χ4n) is 2.18. The summed E-state index contributed by atoms with van der Waals surface area (Å²) in [6.07, 6.45) is -0.114. The van der Waals surface area contributed by atoms with Crippen LogP contribution in [0, 0.1) is 0 Å². The topological polar surface area (TPSA) is 66.8 Å². The lowest BCUT2D eigenvalue weighted by Crippen LogP contribution is -2.38. The highest BCUT2D eigenvalue weighted by atomic mass is 16.5. The minimum Gasteiger partial charge on any atom is -0.481 e. The Labute approximate surface area is 138 Å². The van der Waals surface area contributed by atoms with Crippen molar-refractivity contribution in [3.63, 3.8) is 0 Å². The van der Waals surface area contributed by atoms with Crippen LogP contribution in [0.5, 0.6) is 5.75 Å². The molecule has 1 N–H and O–H groups in total. The van der Waals surface area contributed by atoms with Gasteiger partial charge in [0.2, 0.25) is 0 Å². The van der Waals surface area contributed by atoms with Gasteiger partial charge in [0, 0.05) is 20.0 Å². The van der Waals surface area contributed by atoms with Crippen LogP contribution in [-0.2, 0) is 15.0 Å². The maximum atomic E-state index is 12.2. The van der Waals surface area contributed by atoms with Gasteiger partial charge in [-0.05, 0) is 36.5 Å². The molecule has 23 heavy (non-hydrogen) atoms. The number of ether oxygens (including phenoxy) is 1. The number of rotatable bonds is 7. The van der Waals surface area contributed by atoms with E-state index in [1.54, 1.807) is 14.0 Å². The van der Waals surface area contributed by atoms with Gasteiger partial charge in [0.25, 0.3) is 5.91 Å². The summed E-state index contributed by atoms with van der Waals surface area (Å²) in [5.41, 5.74) is 1.28. The maximum absolute atomic E-state index is 12.2. The van der Waals surface area contributed by atoms with E-state index in [4.69, 9.17) is 9.84 Å². The highest BCUT2D eigenvalue weighted by Crippen LogP contribution is 2.24. The Bertz CT molecular complexity index is 531. The highest BCUT2D eigenvalue weighted by Gasteiger charge is 2.19. The van der Waals surface area contributed by atoms with Crippen molar-refractivity contribution >= 4 is 11.9 Å². The molecule has 0 heterocycles.